The van der Waals surface area contributed by atoms with Gasteiger partial charge in [-0.05, 0) is 0 Å². The fraction of sp³-hybridized carbons (Fsp3) is 0.250. The van der Waals surface area contributed by atoms with E-state index in [0.29, 0.717) is 5.01 Å². The molecule has 0 saturated heterocycles. The van der Waals surface area contributed by atoms with E-state index < -0.39 is 11.2 Å². The van der Waals surface area contributed by atoms with Gasteiger partial charge < -0.3 is 0 Å². The zero-order valence-corrected chi connectivity index (χ0v) is 6.52. The second-order valence-electron chi connectivity index (χ2n) is 1.54. The zero-order valence-electron chi connectivity index (χ0n) is 4.81. The normalized spacial score (nSPS) is 12.9. The number of carbonyl (C=O) groups excluding carboxylic acids is 1. The quantitative estimate of drug-likeness (QED) is 0.656. The van der Waals surface area contributed by atoms with E-state index in [4.69, 9.17) is 5.73 Å². The van der Waals surface area contributed by atoms with Crippen molar-refractivity contribution in [1.29, 1.82) is 0 Å². The Morgan fingerprint density at radius 1 is 1.90 bits per heavy atom. The van der Waals surface area contributed by atoms with Crippen LogP contribution in [0.2, 0.25) is 0 Å². The number of hydrogen-bond donors (Lipinski definition) is 1. The first-order valence-electron chi connectivity index (χ1n) is 2.41. The van der Waals surface area contributed by atoms with Gasteiger partial charge in [-0.15, -0.1) is 21.5 Å². The molecule has 0 spiro atoms. The van der Waals surface area contributed by atoms with Crippen LogP contribution in [0, 0.1) is 0 Å². The second-order valence-corrected chi connectivity index (χ2v) is 2.92. The van der Waals surface area contributed by atoms with Crippen molar-refractivity contribution in [1.82, 2.24) is 15.9 Å². The van der Waals surface area contributed by atoms with Crippen molar-refractivity contribution >= 4 is 29.9 Å². The molecule has 10 heavy (non-hydrogen) atoms. The Labute approximate surface area is 66.9 Å². The Morgan fingerprint density at radius 2 is 2.60 bits per heavy atom. The molecule has 1 atom stereocenters. The minimum atomic E-state index is -0.750. The monoisotopic (exact) mass is 174 g/mol. The van der Waals surface area contributed by atoms with Gasteiger partial charge in [0.25, 0.3) is 5.91 Å². The van der Waals surface area contributed by atoms with Gasteiger partial charge in [-0.3, -0.25) is 10.5 Å². The third-order valence-corrected chi connectivity index (χ3v) is 2.27. The largest absolute Gasteiger partial charge is 0.271 e. The topological polar surface area (TPSA) is 66.7 Å². The average Bonchev–Trinajstić information content (AvgIpc) is 2.36. The highest BCUT2D eigenvalue weighted by Crippen LogP contribution is 2.19. The molecule has 1 aromatic heterocycles. The van der Waals surface area contributed by atoms with Gasteiger partial charge in [0.05, 0.1) is 0 Å². The first-order chi connectivity index (χ1) is 4.72. The number of hydrogen-bond acceptors (Lipinski definition) is 5. The summed E-state index contributed by atoms with van der Waals surface area (Å²) < 4.78 is 0. The number of thiol groups is 1. The third kappa shape index (κ3) is 1.45. The lowest BCUT2D eigenvalue weighted by Gasteiger charge is -1.96. The highest BCUT2D eigenvalue weighted by molar-refractivity contribution is 7.81. The molecular formula is C4H4N3OS2. The average molecular weight is 174 g/mol. The number of nitrogens with one attached hydrogen (secondary N) is 1. The fourth-order valence-electron chi connectivity index (χ4n) is 0.413. The van der Waals surface area contributed by atoms with Gasteiger partial charge in [-0.25, -0.2) is 0 Å². The van der Waals surface area contributed by atoms with E-state index in [0.717, 1.165) is 0 Å². The molecule has 0 saturated carbocycles. The van der Waals surface area contributed by atoms with Crippen molar-refractivity contribution in [2.24, 2.45) is 0 Å². The molecule has 1 rings (SSSR count). The molecule has 1 radical (unpaired) electrons. The molecule has 1 amide bonds. The Hall–Kier alpha value is -0.620. The molecule has 1 aromatic rings. The first kappa shape index (κ1) is 7.49. The van der Waals surface area contributed by atoms with Crippen LogP contribution >= 0.6 is 24.0 Å². The molecule has 0 aliphatic heterocycles. The number of nitrogens with zero attached hydrogens (tertiary/aromatic N) is 2. The van der Waals surface area contributed by atoms with E-state index in [-0.39, 0.29) is 0 Å². The molecule has 0 aliphatic rings. The second kappa shape index (κ2) is 2.98. The van der Waals surface area contributed by atoms with Gasteiger partial charge >= 0.3 is 0 Å². The van der Waals surface area contributed by atoms with Gasteiger partial charge in [0.15, 0.2) is 0 Å². The van der Waals surface area contributed by atoms with Crippen LogP contribution in [0.5, 0.6) is 0 Å². The minimum absolute atomic E-state index is 0.475. The van der Waals surface area contributed by atoms with E-state index in [1.165, 1.54) is 16.8 Å². The van der Waals surface area contributed by atoms with Crippen LogP contribution < -0.4 is 5.73 Å². The van der Waals surface area contributed by atoms with Crippen LogP contribution in [0.1, 0.15) is 10.3 Å². The predicted molar refractivity (Wildman–Crippen MR) is 39.7 cm³/mol. The van der Waals surface area contributed by atoms with Crippen LogP contribution in [0.3, 0.4) is 0 Å². The van der Waals surface area contributed by atoms with Crippen LogP contribution in [0.25, 0.3) is 0 Å². The summed E-state index contributed by atoms with van der Waals surface area (Å²) in [7, 11) is 0. The van der Waals surface area contributed by atoms with E-state index in [1.54, 1.807) is 0 Å². The molecule has 1 heterocycles. The molecule has 1 unspecified atom stereocenters. The molecular weight excluding hydrogens is 170 g/mol. The lowest BCUT2D eigenvalue weighted by Crippen LogP contribution is -2.06. The van der Waals surface area contributed by atoms with Gasteiger partial charge in [0, 0.05) is 0 Å². The summed E-state index contributed by atoms with van der Waals surface area (Å²) in [4.78, 5) is 10.4. The van der Waals surface area contributed by atoms with Gasteiger partial charge in [0.1, 0.15) is 15.8 Å². The smallest absolute Gasteiger partial charge is 0.258 e. The van der Waals surface area contributed by atoms with E-state index in [9.17, 15) is 4.79 Å². The van der Waals surface area contributed by atoms with Crippen LogP contribution in [-0.2, 0) is 4.79 Å². The Morgan fingerprint density at radius 3 is 3.00 bits per heavy atom. The maximum atomic E-state index is 10.4. The standard InChI is InChI=1S/C4H4N3OS2/c5-3(8)2(9)4-7-6-1-10-4/h1-2,5,9H. The summed E-state index contributed by atoms with van der Waals surface area (Å²) in [5.41, 5.74) is 8.18. The van der Waals surface area contributed by atoms with Crippen molar-refractivity contribution in [3.05, 3.63) is 10.5 Å². The van der Waals surface area contributed by atoms with Crippen molar-refractivity contribution in [2.45, 2.75) is 5.25 Å². The number of amides is 1. The predicted octanol–water partition coefficient (Wildman–Crippen LogP) is 0.319. The van der Waals surface area contributed by atoms with Crippen molar-refractivity contribution in [3.8, 4) is 0 Å². The Bertz CT molecular complexity index is 222. The van der Waals surface area contributed by atoms with Gasteiger partial charge in [0.2, 0.25) is 0 Å². The SMILES string of the molecule is [NH]C(=O)C(S)c1nncs1. The summed E-state index contributed by atoms with van der Waals surface area (Å²) in [5.74, 6) is -0.750. The molecule has 0 bridgehead atoms. The van der Waals surface area contributed by atoms with E-state index in [1.807, 2.05) is 0 Å². The lowest BCUT2D eigenvalue weighted by molar-refractivity contribution is -0.118. The summed E-state index contributed by atoms with van der Waals surface area (Å²) in [6.45, 7) is 0. The molecule has 6 heteroatoms. The highest BCUT2D eigenvalue weighted by atomic mass is 32.1. The fourth-order valence-corrected chi connectivity index (χ4v) is 1.18. The first-order valence-corrected chi connectivity index (χ1v) is 3.81. The van der Waals surface area contributed by atoms with Crippen LogP contribution in [0.15, 0.2) is 5.51 Å². The van der Waals surface area contributed by atoms with Gasteiger partial charge in [-0.2, -0.15) is 12.6 Å². The maximum absolute atomic E-state index is 10.4. The molecule has 1 N–H and O–H groups in total. The number of aromatic nitrogens is 2. The Kier molecular flexibility index (Phi) is 2.23. The summed E-state index contributed by atoms with van der Waals surface area (Å²) in [5, 5.41) is 6.84. The van der Waals surface area contributed by atoms with Crippen molar-refractivity contribution in [3.63, 3.8) is 0 Å². The molecule has 0 aliphatic carbocycles. The molecule has 53 valence electrons. The van der Waals surface area contributed by atoms with Gasteiger partial charge in [-0.1, -0.05) is 0 Å². The lowest BCUT2D eigenvalue weighted by atomic mass is 10.4. The summed E-state index contributed by atoms with van der Waals surface area (Å²) in [6.07, 6.45) is 0. The molecule has 4 nitrogen and oxygen atoms in total. The Balaban J connectivity index is 2.77. The minimum Gasteiger partial charge on any atom is -0.271 e. The highest BCUT2D eigenvalue weighted by Gasteiger charge is 2.15. The van der Waals surface area contributed by atoms with E-state index in [2.05, 4.69) is 22.8 Å². The molecule has 0 aromatic carbocycles. The van der Waals surface area contributed by atoms with E-state index >= 15 is 0 Å². The third-order valence-electron chi connectivity index (χ3n) is 0.859. The van der Waals surface area contributed by atoms with Crippen molar-refractivity contribution in [2.75, 3.05) is 0 Å². The van der Waals surface area contributed by atoms with Crippen molar-refractivity contribution < 1.29 is 4.79 Å². The number of carbonyl (C=O) groups is 1. The molecule has 0 fully saturated rings. The van der Waals surface area contributed by atoms with Crippen LogP contribution in [0.4, 0.5) is 0 Å². The summed E-state index contributed by atoms with van der Waals surface area (Å²) >= 11 is 5.07. The zero-order chi connectivity index (χ0) is 7.56. The summed E-state index contributed by atoms with van der Waals surface area (Å²) in [6, 6.07) is 0. The maximum Gasteiger partial charge on any atom is 0.258 e. The number of rotatable bonds is 2. The van der Waals surface area contributed by atoms with Crippen LogP contribution in [-0.4, -0.2) is 16.1 Å².